The molecule has 1 aliphatic carbocycles. The summed E-state index contributed by atoms with van der Waals surface area (Å²) >= 11 is 4.26. The van der Waals surface area contributed by atoms with Crippen LogP contribution in [0.5, 0.6) is 0 Å². The molecule has 0 heterocycles. The average Bonchev–Trinajstić information content (AvgIpc) is 2.77. The number of nitrogens with one attached hydrogen (secondary N) is 1. The van der Waals surface area contributed by atoms with Crippen molar-refractivity contribution in [3.05, 3.63) is 29.3 Å². The van der Waals surface area contributed by atoms with E-state index in [1.165, 1.54) is 0 Å². The molecule has 3 heteroatoms. The van der Waals surface area contributed by atoms with Crippen molar-refractivity contribution < 1.29 is 4.79 Å². The molecule has 1 saturated carbocycles. The minimum absolute atomic E-state index is 0.0176. The van der Waals surface area contributed by atoms with Crippen LogP contribution in [0.4, 0.5) is 0 Å². The number of hydrogen-bond acceptors (Lipinski definition) is 2. The van der Waals surface area contributed by atoms with Gasteiger partial charge in [0.25, 0.3) is 5.91 Å². The van der Waals surface area contributed by atoms with Gasteiger partial charge >= 0.3 is 0 Å². The molecule has 0 bridgehead atoms. The van der Waals surface area contributed by atoms with E-state index in [0.29, 0.717) is 6.04 Å². The first kappa shape index (κ1) is 11.5. The highest BCUT2D eigenvalue weighted by Gasteiger charge is 2.46. The van der Waals surface area contributed by atoms with Crippen LogP contribution in [0.15, 0.2) is 23.1 Å². The normalized spacial score (nSPS) is 21.6. The fraction of sp³-hybridized carbons (Fsp3) is 0.462. The highest BCUT2D eigenvalue weighted by atomic mass is 32.1. The quantitative estimate of drug-likeness (QED) is 0.758. The third-order valence-electron chi connectivity index (χ3n) is 3.28. The zero-order valence-corrected chi connectivity index (χ0v) is 10.8. The number of amides is 1. The molecule has 1 atom stereocenters. The van der Waals surface area contributed by atoms with E-state index in [2.05, 4.69) is 31.8 Å². The van der Waals surface area contributed by atoms with Gasteiger partial charge < -0.3 is 5.32 Å². The van der Waals surface area contributed by atoms with Gasteiger partial charge in [0.2, 0.25) is 0 Å². The minimum atomic E-state index is 0.0176. The van der Waals surface area contributed by atoms with Crippen LogP contribution in [-0.4, -0.2) is 11.9 Å². The first-order valence-electron chi connectivity index (χ1n) is 5.50. The Morgan fingerprint density at radius 2 is 2.12 bits per heavy atom. The SMILES string of the molecule is Cc1ccc(S)cc1C(=O)NC1CC1(C)C. The summed E-state index contributed by atoms with van der Waals surface area (Å²) in [6.07, 6.45) is 1.07. The second kappa shape index (κ2) is 3.81. The highest BCUT2D eigenvalue weighted by molar-refractivity contribution is 7.80. The second-order valence-electron chi connectivity index (χ2n) is 5.22. The van der Waals surface area contributed by atoms with Crippen LogP contribution in [-0.2, 0) is 0 Å². The molecule has 86 valence electrons. The summed E-state index contributed by atoms with van der Waals surface area (Å²) in [7, 11) is 0. The molecule has 1 unspecified atom stereocenters. The molecule has 1 aromatic carbocycles. The maximum atomic E-state index is 12.0. The molecule has 2 rings (SSSR count). The molecule has 0 aromatic heterocycles. The summed E-state index contributed by atoms with van der Waals surface area (Å²) in [5.74, 6) is 0.0176. The molecule has 0 saturated heterocycles. The molecule has 1 amide bonds. The first-order chi connectivity index (χ1) is 7.40. The number of rotatable bonds is 2. The van der Waals surface area contributed by atoms with Gasteiger partial charge in [0.1, 0.15) is 0 Å². The number of aryl methyl sites for hydroxylation is 1. The predicted octanol–water partition coefficient (Wildman–Crippen LogP) is 2.81. The van der Waals surface area contributed by atoms with Gasteiger partial charge in [-0.25, -0.2) is 0 Å². The van der Waals surface area contributed by atoms with E-state index in [-0.39, 0.29) is 11.3 Å². The van der Waals surface area contributed by atoms with E-state index >= 15 is 0 Å². The van der Waals surface area contributed by atoms with Crippen LogP contribution in [0.1, 0.15) is 36.2 Å². The minimum Gasteiger partial charge on any atom is -0.349 e. The summed E-state index contributed by atoms with van der Waals surface area (Å²) in [6.45, 7) is 6.28. The van der Waals surface area contributed by atoms with Gasteiger partial charge in [-0.2, -0.15) is 0 Å². The van der Waals surface area contributed by atoms with Crippen molar-refractivity contribution in [1.29, 1.82) is 0 Å². The van der Waals surface area contributed by atoms with Crippen LogP contribution >= 0.6 is 12.6 Å². The van der Waals surface area contributed by atoms with E-state index < -0.39 is 0 Å². The lowest BCUT2D eigenvalue weighted by Crippen LogP contribution is -2.28. The van der Waals surface area contributed by atoms with Gasteiger partial charge in [-0.15, -0.1) is 12.6 Å². The van der Waals surface area contributed by atoms with E-state index in [0.717, 1.165) is 22.4 Å². The largest absolute Gasteiger partial charge is 0.349 e. The molecule has 1 N–H and O–H groups in total. The third-order valence-corrected chi connectivity index (χ3v) is 3.56. The molecule has 0 aliphatic heterocycles. The summed E-state index contributed by atoms with van der Waals surface area (Å²) < 4.78 is 0. The Bertz CT molecular complexity index is 440. The van der Waals surface area contributed by atoms with E-state index in [1.807, 2.05) is 25.1 Å². The van der Waals surface area contributed by atoms with Gasteiger partial charge in [0, 0.05) is 16.5 Å². The fourth-order valence-electron chi connectivity index (χ4n) is 1.80. The molecule has 1 fully saturated rings. The zero-order chi connectivity index (χ0) is 11.9. The third kappa shape index (κ3) is 2.24. The number of hydrogen-bond donors (Lipinski definition) is 2. The summed E-state index contributed by atoms with van der Waals surface area (Å²) in [6, 6.07) is 5.97. The molecular weight excluding hydrogens is 218 g/mol. The van der Waals surface area contributed by atoms with Crippen molar-refractivity contribution in [2.45, 2.75) is 38.1 Å². The smallest absolute Gasteiger partial charge is 0.251 e. The lowest BCUT2D eigenvalue weighted by Gasteiger charge is -2.09. The Labute approximate surface area is 102 Å². The van der Waals surface area contributed by atoms with Crippen molar-refractivity contribution in [2.75, 3.05) is 0 Å². The Morgan fingerprint density at radius 1 is 1.50 bits per heavy atom. The fourth-order valence-corrected chi connectivity index (χ4v) is 2.01. The standard InChI is InChI=1S/C13H17NOS/c1-8-4-5-9(16)6-10(8)12(15)14-11-7-13(11,2)3/h4-6,11,16H,7H2,1-3H3,(H,14,15). The highest BCUT2D eigenvalue weighted by Crippen LogP contribution is 2.44. The first-order valence-corrected chi connectivity index (χ1v) is 5.95. The van der Waals surface area contributed by atoms with Gasteiger partial charge in [0.05, 0.1) is 0 Å². The Morgan fingerprint density at radius 3 is 2.69 bits per heavy atom. The average molecular weight is 235 g/mol. The van der Waals surface area contributed by atoms with Crippen molar-refractivity contribution in [3.63, 3.8) is 0 Å². The Hall–Kier alpha value is -0.960. The predicted molar refractivity (Wildman–Crippen MR) is 68.1 cm³/mol. The van der Waals surface area contributed by atoms with Crippen LogP contribution in [0.2, 0.25) is 0 Å². The summed E-state index contributed by atoms with van der Waals surface area (Å²) in [5, 5.41) is 3.06. The Kier molecular flexibility index (Phi) is 2.74. The summed E-state index contributed by atoms with van der Waals surface area (Å²) in [5.41, 5.74) is 1.99. The second-order valence-corrected chi connectivity index (χ2v) is 5.73. The van der Waals surface area contributed by atoms with Crippen molar-refractivity contribution >= 4 is 18.5 Å². The molecule has 0 spiro atoms. The monoisotopic (exact) mass is 235 g/mol. The van der Waals surface area contributed by atoms with Crippen LogP contribution in [0.25, 0.3) is 0 Å². The number of benzene rings is 1. The summed E-state index contributed by atoms with van der Waals surface area (Å²) in [4.78, 5) is 12.8. The van der Waals surface area contributed by atoms with Crippen LogP contribution in [0.3, 0.4) is 0 Å². The van der Waals surface area contributed by atoms with Crippen LogP contribution < -0.4 is 5.32 Å². The number of carbonyl (C=O) groups excluding carboxylic acids is 1. The van der Waals surface area contributed by atoms with Gasteiger partial charge in [-0.1, -0.05) is 19.9 Å². The number of thiol groups is 1. The van der Waals surface area contributed by atoms with Crippen molar-refractivity contribution in [1.82, 2.24) is 5.32 Å². The molecule has 1 aromatic rings. The Balaban J connectivity index is 2.12. The molecule has 16 heavy (non-hydrogen) atoms. The topological polar surface area (TPSA) is 29.1 Å². The molecule has 0 radical (unpaired) electrons. The van der Waals surface area contributed by atoms with Crippen molar-refractivity contribution in [2.24, 2.45) is 5.41 Å². The lowest BCUT2D eigenvalue weighted by atomic mass is 10.1. The van der Waals surface area contributed by atoms with Gasteiger partial charge in [-0.05, 0) is 36.5 Å². The van der Waals surface area contributed by atoms with Crippen molar-refractivity contribution in [3.8, 4) is 0 Å². The van der Waals surface area contributed by atoms with Gasteiger partial charge in [0.15, 0.2) is 0 Å². The molecule has 1 aliphatic rings. The molecular formula is C13H17NOS. The van der Waals surface area contributed by atoms with Gasteiger partial charge in [-0.3, -0.25) is 4.79 Å². The number of carbonyl (C=O) groups is 1. The van der Waals surface area contributed by atoms with E-state index in [1.54, 1.807) is 0 Å². The zero-order valence-electron chi connectivity index (χ0n) is 9.87. The lowest BCUT2D eigenvalue weighted by molar-refractivity contribution is 0.0945. The van der Waals surface area contributed by atoms with Crippen LogP contribution in [0, 0.1) is 12.3 Å². The molecule has 2 nitrogen and oxygen atoms in total. The van der Waals surface area contributed by atoms with E-state index in [9.17, 15) is 4.79 Å². The maximum absolute atomic E-state index is 12.0. The van der Waals surface area contributed by atoms with E-state index in [4.69, 9.17) is 0 Å². The maximum Gasteiger partial charge on any atom is 0.251 e.